The quantitative estimate of drug-likeness (QED) is 0.813. The summed E-state index contributed by atoms with van der Waals surface area (Å²) < 4.78 is 10.3. The van der Waals surface area contributed by atoms with Crippen molar-refractivity contribution in [3.63, 3.8) is 0 Å². The first-order chi connectivity index (χ1) is 10.3. The zero-order valence-corrected chi connectivity index (χ0v) is 12.6. The zero-order chi connectivity index (χ0) is 14.7. The molecule has 1 aliphatic heterocycles. The highest BCUT2D eigenvalue weighted by Gasteiger charge is 2.31. The van der Waals surface area contributed by atoms with Gasteiger partial charge in [-0.05, 0) is 56.8 Å². The molecule has 0 radical (unpaired) electrons. The molecule has 1 aromatic rings. The van der Waals surface area contributed by atoms with Crippen molar-refractivity contribution in [3.8, 4) is 0 Å². The number of hydrogen-bond donors (Lipinski definition) is 1. The molecule has 2 heterocycles. The number of ether oxygens (including phenoxy) is 1. The van der Waals surface area contributed by atoms with Crippen LogP contribution < -0.4 is 5.32 Å². The minimum Gasteiger partial charge on any atom is -0.463 e. The van der Waals surface area contributed by atoms with Gasteiger partial charge in [0.1, 0.15) is 5.76 Å². The lowest BCUT2D eigenvalue weighted by Crippen LogP contribution is -2.36. The lowest BCUT2D eigenvalue weighted by Gasteiger charge is -2.29. The largest absolute Gasteiger partial charge is 0.463 e. The van der Waals surface area contributed by atoms with E-state index in [4.69, 9.17) is 4.42 Å². The van der Waals surface area contributed by atoms with Gasteiger partial charge in [0.25, 0.3) is 0 Å². The number of rotatable bonds is 6. The number of carbonyl (C=O) groups is 1. The maximum Gasteiger partial charge on any atom is 0.373 e. The van der Waals surface area contributed by atoms with Crippen LogP contribution in [0.3, 0.4) is 0 Å². The Balaban J connectivity index is 1.59. The molecule has 2 aliphatic rings. The zero-order valence-electron chi connectivity index (χ0n) is 12.6. The van der Waals surface area contributed by atoms with E-state index in [9.17, 15) is 4.79 Å². The van der Waals surface area contributed by atoms with Crippen LogP contribution in [0.1, 0.15) is 42.0 Å². The number of nitrogens with zero attached hydrogens (tertiary/aromatic N) is 1. The summed E-state index contributed by atoms with van der Waals surface area (Å²) in [5, 5.41) is 3.42. The van der Waals surface area contributed by atoms with Crippen LogP contribution in [-0.4, -0.2) is 43.7 Å². The Hall–Kier alpha value is -1.33. The second-order valence-corrected chi connectivity index (χ2v) is 6.11. The molecule has 3 rings (SSSR count). The minimum absolute atomic E-state index is 0.296. The Bertz CT molecular complexity index is 476. The van der Waals surface area contributed by atoms with Gasteiger partial charge in [0, 0.05) is 12.6 Å². The van der Waals surface area contributed by atoms with Gasteiger partial charge in [-0.2, -0.15) is 0 Å². The fraction of sp³-hybridized carbons (Fsp3) is 0.688. The monoisotopic (exact) mass is 292 g/mol. The van der Waals surface area contributed by atoms with Gasteiger partial charge in [0.05, 0.1) is 13.7 Å². The van der Waals surface area contributed by atoms with Crippen molar-refractivity contribution >= 4 is 5.97 Å². The van der Waals surface area contributed by atoms with E-state index in [1.807, 2.05) is 6.07 Å². The molecule has 0 amide bonds. The highest BCUT2D eigenvalue weighted by atomic mass is 16.5. The van der Waals surface area contributed by atoms with Crippen molar-refractivity contribution in [3.05, 3.63) is 23.7 Å². The van der Waals surface area contributed by atoms with E-state index in [-0.39, 0.29) is 0 Å². The molecule has 1 aliphatic carbocycles. The van der Waals surface area contributed by atoms with Crippen LogP contribution in [0.5, 0.6) is 0 Å². The third-order valence-corrected chi connectivity index (χ3v) is 4.42. The van der Waals surface area contributed by atoms with E-state index in [0.29, 0.717) is 11.8 Å². The lowest BCUT2D eigenvalue weighted by atomic mass is 9.97. The van der Waals surface area contributed by atoms with Gasteiger partial charge in [0.15, 0.2) is 0 Å². The van der Waals surface area contributed by atoms with Gasteiger partial charge < -0.3 is 14.5 Å². The predicted molar refractivity (Wildman–Crippen MR) is 79.1 cm³/mol. The Labute approximate surface area is 125 Å². The first-order valence-electron chi connectivity index (χ1n) is 7.88. The average Bonchev–Trinajstić information content (AvgIpc) is 3.26. The standard InChI is InChI=1S/C16H24N2O3/c1-20-16(19)15-5-4-14(21-15)11-18(13-2-3-13)10-12-6-8-17-9-7-12/h4-5,12-13,17H,2-3,6-11H2,1H3. The molecule has 5 heteroatoms. The maximum atomic E-state index is 11.4. The number of piperidine rings is 1. The minimum atomic E-state index is -0.405. The smallest absolute Gasteiger partial charge is 0.373 e. The van der Waals surface area contributed by atoms with Crippen molar-refractivity contribution in [1.82, 2.24) is 10.2 Å². The number of methoxy groups -OCH3 is 1. The lowest BCUT2D eigenvalue weighted by molar-refractivity contribution is 0.0560. The molecule has 1 saturated heterocycles. The molecular formula is C16H24N2O3. The molecule has 1 aromatic heterocycles. The van der Waals surface area contributed by atoms with Crippen LogP contribution in [-0.2, 0) is 11.3 Å². The van der Waals surface area contributed by atoms with Gasteiger partial charge in [-0.3, -0.25) is 4.90 Å². The summed E-state index contributed by atoms with van der Waals surface area (Å²) in [6.07, 6.45) is 5.09. The molecule has 1 saturated carbocycles. The van der Waals surface area contributed by atoms with Crippen LogP contribution in [0, 0.1) is 5.92 Å². The van der Waals surface area contributed by atoms with E-state index >= 15 is 0 Å². The van der Waals surface area contributed by atoms with E-state index in [1.54, 1.807) is 6.07 Å². The van der Waals surface area contributed by atoms with E-state index < -0.39 is 5.97 Å². The van der Waals surface area contributed by atoms with E-state index in [0.717, 1.165) is 37.9 Å². The van der Waals surface area contributed by atoms with Crippen molar-refractivity contribution in [1.29, 1.82) is 0 Å². The van der Waals surface area contributed by atoms with Crippen LogP contribution in [0.15, 0.2) is 16.5 Å². The normalized spacial score (nSPS) is 19.9. The second kappa shape index (κ2) is 6.62. The van der Waals surface area contributed by atoms with Gasteiger partial charge in [0.2, 0.25) is 5.76 Å². The summed E-state index contributed by atoms with van der Waals surface area (Å²) >= 11 is 0. The van der Waals surface area contributed by atoms with Crippen molar-refractivity contribution in [2.75, 3.05) is 26.7 Å². The molecule has 0 aromatic carbocycles. The second-order valence-electron chi connectivity index (χ2n) is 6.11. The van der Waals surface area contributed by atoms with E-state index in [1.165, 1.54) is 32.8 Å². The molecule has 0 spiro atoms. The highest BCUT2D eigenvalue weighted by Crippen LogP contribution is 2.30. The van der Waals surface area contributed by atoms with Crippen molar-refractivity contribution in [2.24, 2.45) is 5.92 Å². The van der Waals surface area contributed by atoms with E-state index in [2.05, 4.69) is 15.0 Å². The first kappa shape index (κ1) is 14.6. The molecule has 21 heavy (non-hydrogen) atoms. The molecule has 0 unspecified atom stereocenters. The molecular weight excluding hydrogens is 268 g/mol. The number of nitrogens with one attached hydrogen (secondary N) is 1. The van der Waals surface area contributed by atoms with Gasteiger partial charge in [-0.1, -0.05) is 0 Å². The fourth-order valence-electron chi connectivity index (χ4n) is 3.05. The maximum absolute atomic E-state index is 11.4. The Kier molecular flexibility index (Phi) is 4.60. The number of furan rings is 1. The number of carbonyl (C=O) groups excluding carboxylic acids is 1. The summed E-state index contributed by atoms with van der Waals surface area (Å²) in [6, 6.07) is 4.30. The summed E-state index contributed by atoms with van der Waals surface area (Å²) in [4.78, 5) is 14.0. The number of esters is 1. The number of hydrogen-bond acceptors (Lipinski definition) is 5. The van der Waals surface area contributed by atoms with Crippen LogP contribution in [0.25, 0.3) is 0 Å². The molecule has 2 fully saturated rings. The summed E-state index contributed by atoms with van der Waals surface area (Å²) in [5.74, 6) is 1.53. The Morgan fingerprint density at radius 2 is 2.10 bits per heavy atom. The summed E-state index contributed by atoms with van der Waals surface area (Å²) in [5.41, 5.74) is 0. The third kappa shape index (κ3) is 3.86. The molecule has 116 valence electrons. The highest BCUT2D eigenvalue weighted by molar-refractivity contribution is 5.86. The molecule has 5 nitrogen and oxygen atoms in total. The Morgan fingerprint density at radius 1 is 1.33 bits per heavy atom. The van der Waals surface area contributed by atoms with Crippen LogP contribution in [0.2, 0.25) is 0 Å². The molecule has 0 bridgehead atoms. The summed E-state index contributed by atoms with van der Waals surface area (Å²) in [6.45, 7) is 4.21. The van der Waals surface area contributed by atoms with Gasteiger partial charge in [-0.25, -0.2) is 4.79 Å². The third-order valence-electron chi connectivity index (χ3n) is 4.42. The SMILES string of the molecule is COC(=O)c1ccc(CN(CC2CCNCC2)C2CC2)o1. The van der Waals surface area contributed by atoms with Crippen LogP contribution >= 0.6 is 0 Å². The van der Waals surface area contributed by atoms with Crippen LogP contribution in [0.4, 0.5) is 0 Å². The molecule has 0 atom stereocenters. The fourth-order valence-corrected chi connectivity index (χ4v) is 3.05. The summed E-state index contributed by atoms with van der Waals surface area (Å²) in [7, 11) is 1.37. The Morgan fingerprint density at radius 3 is 2.76 bits per heavy atom. The van der Waals surface area contributed by atoms with Crippen molar-refractivity contribution < 1.29 is 13.9 Å². The van der Waals surface area contributed by atoms with Gasteiger partial charge in [-0.15, -0.1) is 0 Å². The first-order valence-corrected chi connectivity index (χ1v) is 7.88. The topological polar surface area (TPSA) is 54.7 Å². The van der Waals surface area contributed by atoms with Crippen molar-refractivity contribution in [2.45, 2.75) is 38.3 Å². The molecule has 1 N–H and O–H groups in total. The average molecular weight is 292 g/mol. The predicted octanol–water partition coefficient (Wildman–Crippen LogP) is 2.03. The van der Waals surface area contributed by atoms with Gasteiger partial charge >= 0.3 is 5.97 Å².